The van der Waals surface area contributed by atoms with Crippen LogP contribution in [0.5, 0.6) is 0 Å². The highest BCUT2D eigenvalue weighted by atomic mass is 35.5. The molecule has 1 aromatic carbocycles. The fraction of sp³-hybridized carbons (Fsp3) is 0.286. The van der Waals surface area contributed by atoms with E-state index in [0.717, 1.165) is 11.4 Å². The Morgan fingerprint density at radius 1 is 1.53 bits per heavy atom. The molecule has 0 aliphatic rings. The number of hydrogen-bond acceptors (Lipinski definition) is 3. The first kappa shape index (κ1) is 13.6. The third kappa shape index (κ3) is 3.15. The Balaban J connectivity index is 2.31. The average Bonchev–Trinajstić information content (AvgIpc) is 2.80. The molecule has 2 rings (SSSR count). The second-order valence-corrected chi connectivity index (χ2v) is 4.69. The molecule has 0 fully saturated rings. The molecular weight excluding hydrogens is 264 g/mol. The first-order chi connectivity index (χ1) is 9.11. The highest BCUT2D eigenvalue weighted by molar-refractivity contribution is 6.30. The molecule has 5 heteroatoms. The molecule has 0 saturated carbocycles. The van der Waals surface area contributed by atoms with Crippen molar-refractivity contribution in [3.63, 3.8) is 0 Å². The normalized spacial score (nSPS) is 12.2. The number of esters is 1. The lowest BCUT2D eigenvalue weighted by molar-refractivity contribution is -0.142. The van der Waals surface area contributed by atoms with Gasteiger partial charge < -0.3 is 9.30 Å². The minimum atomic E-state index is -0.392. The number of aromatic nitrogens is 2. The minimum absolute atomic E-state index is 0.282. The lowest BCUT2D eigenvalue weighted by Gasteiger charge is -2.16. The maximum Gasteiger partial charge on any atom is 0.314 e. The molecule has 0 unspecified atom stereocenters. The van der Waals surface area contributed by atoms with Crippen molar-refractivity contribution < 1.29 is 9.53 Å². The molecular formula is C14H15ClN2O2. The molecule has 0 N–H and O–H groups in total. The molecule has 0 aliphatic heterocycles. The van der Waals surface area contributed by atoms with E-state index in [0.29, 0.717) is 11.6 Å². The van der Waals surface area contributed by atoms with E-state index in [2.05, 4.69) is 4.98 Å². The number of nitrogens with zero attached hydrogens (tertiary/aromatic N) is 2. The number of rotatable bonds is 4. The topological polar surface area (TPSA) is 44.1 Å². The Morgan fingerprint density at radius 3 is 2.89 bits per heavy atom. The minimum Gasteiger partial charge on any atom is -0.468 e. The summed E-state index contributed by atoms with van der Waals surface area (Å²) in [4.78, 5) is 16.1. The van der Waals surface area contributed by atoms with Gasteiger partial charge in [0.1, 0.15) is 5.82 Å². The van der Waals surface area contributed by atoms with Crippen LogP contribution in [0.2, 0.25) is 5.02 Å². The maximum atomic E-state index is 12.0. The zero-order valence-corrected chi connectivity index (χ0v) is 11.6. The number of hydrogen-bond donors (Lipinski definition) is 0. The van der Waals surface area contributed by atoms with E-state index in [9.17, 15) is 4.79 Å². The van der Waals surface area contributed by atoms with Gasteiger partial charge in [0.05, 0.1) is 13.0 Å². The molecule has 2 aromatic rings. The molecule has 0 radical (unpaired) electrons. The third-order valence-electron chi connectivity index (χ3n) is 3.04. The van der Waals surface area contributed by atoms with Crippen LogP contribution in [-0.2, 0) is 16.1 Å². The van der Waals surface area contributed by atoms with E-state index >= 15 is 0 Å². The molecule has 1 atom stereocenters. The van der Waals surface area contributed by atoms with Crippen molar-refractivity contribution in [1.82, 2.24) is 9.55 Å². The Kier molecular flexibility index (Phi) is 4.22. The number of benzene rings is 1. The van der Waals surface area contributed by atoms with Crippen LogP contribution >= 0.6 is 11.6 Å². The number of halogens is 1. The first-order valence-electron chi connectivity index (χ1n) is 5.93. The van der Waals surface area contributed by atoms with Gasteiger partial charge >= 0.3 is 5.97 Å². The van der Waals surface area contributed by atoms with Gasteiger partial charge in [-0.2, -0.15) is 0 Å². The summed E-state index contributed by atoms with van der Waals surface area (Å²) in [6, 6.07) is 7.27. The molecule has 4 nitrogen and oxygen atoms in total. The van der Waals surface area contributed by atoms with E-state index < -0.39 is 5.92 Å². The van der Waals surface area contributed by atoms with Crippen LogP contribution in [0.4, 0.5) is 0 Å². The Labute approximate surface area is 117 Å². The van der Waals surface area contributed by atoms with Gasteiger partial charge in [0.2, 0.25) is 0 Å². The van der Waals surface area contributed by atoms with Gasteiger partial charge in [-0.15, -0.1) is 0 Å². The van der Waals surface area contributed by atoms with Crippen LogP contribution in [0.1, 0.15) is 17.3 Å². The summed E-state index contributed by atoms with van der Waals surface area (Å²) < 4.78 is 6.80. The van der Waals surface area contributed by atoms with E-state index in [1.165, 1.54) is 7.11 Å². The third-order valence-corrected chi connectivity index (χ3v) is 3.27. The predicted molar refractivity (Wildman–Crippen MR) is 73.2 cm³/mol. The SMILES string of the molecule is COC(=O)[C@@H](Cn1ccnc1C)c1cccc(Cl)c1. The van der Waals surface area contributed by atoms with Crippen molar-refractivity contribution in [2.24, 2.45) is 0 Å². The molecule has 0 aliphatic carbocycles. The zero-order valence-electron chi connectivity index (χ0n) is 10.8. The van der Waals surface area contributed by atoms with Crippen LogP contribution in [-0.4, -0.2) is 22.6 Å². The van der Waals surface area contributed by atoms with Crippen molar-refractivity contribution in [3.8, 4) is 0 Å². The summed E-state index contributed by atoms with van der Waals surface area (Å²) in [6.45, 7) is 2.38. The number of imidazole rings is 1. The van der Waals surface area contributed by atoms with Crippen LogP contribution in [0.15, 0.2) is 36.7 Å². The Bertz CT molecular complexity index is 580. The molecule has 100 valence electrons. The van der Waals surface area contributed by atoms with Crippen molar-refractivity contribution in [3.05, 3.63) is 53.1 Å². The van der Waals surface area contributed by atoms with Gasteiger partial charge in [0.25, 0.3) is 0 Å². The van der Waals surface area contributed by atoms with Crippen LogP contribution in [0, 0.1) is 6.92 Å². The molecule has 0 bridgehead atoms. The first-order valence-corrected chi connectivity index (χ1v) is 6.30. The van der Waals surface area contributed by atoms with E-state index in [-0.39, 0.29) is 5.97 Å². The number of methoxy groups -OCH3 is 1. The molecule has 1 aromatic heterocycles. The predicted octanol–water partition coefficient (Wildman–Crippen LogP) is 2.80. The van der Waals surface area contributed by atoms with Crippen LogP contribution in [0.3, 0.4) is 0 Å². The monoisotopic (exact) mass is 278 g/mol. The average molecular weight is 279 g/mol. The Morgan fingerprint density at radius 2 is 2.32 bits per heavy atom. The molecule has 0 amide bonds. The highest BCUT2D eigenvalue weighted by Crippen LogP contribution is 2.23. The zero-order chi connectivity index (χ0) is 13.8. The van der Waals surface area contributed by atoms with Gasteiger partial charge in [-0.05, 0) is 24.6 Å². The second-order valence-electron chi connectivity index (χ2n) is 4.26. The summed E-state index contributed by atoms with van der Waals surface area (Å²) in [5.41, 5.74) is 0.840. The van der Waals surface area contributed by atoms with E-state index in [1.807, 2.05) is 29.8 Å². The summed E-state index contributed by atoms with van der Waals surface area (Å²) >= 11 is 5.98. The molecule has 19 heavy (non-hydrogen) atoms. The van der Waals surface area contributed by atoms with Gasteiger partial charge in [-0.25, -0.2) is 4.98 Å². The highest BCUT2D eigenvalue weighted by Gasteiger charge is 2.22. The molecule has 1 heterocycles. The van der Waals surface area contributed by atoms with Crippen molar-refractivity contribution in [1.29, 1.82) is 0 Å². The van der Waals surface area contributed by atoms with Crippen LogP contribution < -0.4 is 0 Å². The van der Waals surface area contributed by atoms with Crippen molar-refractivity contribution in [2.45, 2.75) is 19.4 Å². The van der Waals surface area contributed by atoms with Gasteiger partial charge in [0, 0.05) is 24.0 Å². The fourth-order valence-electron chi connectivity index (χ4n) is 1.97. The number of ether oxygens (including phenoxy) is 1. The quantitative estimate of drug-likeness (QED) is 0.808. The van der Waals surface area contributed by atoms with Gasteiger partial charge in [-0.3, -0.25) is 4.79 Å². The second kappa shape index (κ2) is 5.89. The summed E-state index contributed by atoms with van der Waals surface area (Å²) in [5.74, 6) is 0.183. The van der Waals surface area contributed by atoms with Gasteiger partial charge in [-0.1, -0.05) is 23.7 Å². The lowest BCUT2D eigenvalue weighted by Crippen LogP contribution is -2.20. The lowest BCUT2D eigenvalue weighted by atomic mass is 9.99. The summed E-state index contributed by atoms with van der Waals surface area (Å²) in [6.07, 6.45) is 3.55. The van der Waals surface area contributed by atoms with Crippen molar-refractivity contribution in [2.75, 3.05) is 7.11 Å². The largest absolute Gasteiger partial charge is 0.468 e. The summed E-state index contributed by atoms with van der Waals surface area (Å²) in [5, 5.41) is 0.605. The fourth-order valence-corrected chi connectivity index (χ4v) is 2.17. The Hall–Kier alpha value is -1.81. The summed E-state index contributed by atoms with van der Waals surface area (Å²) in [7, 11) is 1.39. The molecule has 0 saturated heterocycles. The van der Waals surface area contributed by atoms with Gasteiger partial charge in [0.15, 0.2) is 0 Å². The standard InChI is InChI=1S/C14H15ClN2O2/c1-10-16-6-7-17(10)9-13(14(18)19-2)11-4-3-5-12(15)8-11/h3-8,13H,9H2,1-2H3/t13-/m0/s1. The number of carbonyl (C=O) groups excluding carboxylic acids is 1. The number of aryl methyl sites for hydroxylation is 1. The number of carbonyl (C=O) groups is 1. The van der Waals surface area contributed by atoms with E-state index in [1.54, 1.807) is 18.3 Å². The van der Waals surface area contributed by atoms with E-state index in [4.69, 9.17) is 16.3 Å². The van der Waals surface area contributed by atoms with Crippen molar-refractivity contribution >= 4 is 17.6 Å². The molecule has 0 spiro atoms. The smallest absolute Gasteiger partial charge is 0.314 e. The maximum absolute atomic E-state index is 12.0. The van der Waals surface area contributed by atoms with Crippen LogP contribution in [0.25, 0.3) is 0 Å².